The van der Waals surface area contributed by atoms with Crippen LogP contribution in [0.5, 0.6) is 0 Å². The van der Waals surface area contributed by atoms with E-state index >= 15 is 0 Å². The summed E-state index contributed by atoms with van der Waals surface area (Å²) in [5.74, 6) is 0.651. The third-order valence-electron chi connectivity index (χ3n) is 6.47. The number of nitrogens with one attached hydrogen (secondary N) is 2. The van der Waals surface area contributed by atoms with Crippen LogP contribution in [0, 0.1) is 48.5 Å². The van der Waals surface area contributed by atoms with Crippen LogP contribution in [-0.2, 0) is 4.79 Å². The van der Waals surface area contributed by atoms with Crippen molar-refractivity contribution in [3.8, 4) is 0 Å². The van der Waals surface area contributed by atoms with Crippen molar-refractivity contribution < 1.29 is 4.79 Å². The Bertz CT molecular complexity index is 1250. The lowest BCUT2D eigenvalue weighted by Crippen LogP contribution is -2.39. The largest absolute Gasteiger partial charge is 0.324 e. The zero-order valence-corrected chi connectivity index (χ0v) is 21.8. The smallest absolute Gasteiger partial charge is 0.240 e. The monoisotopic (exact) mass is 469 g/mol. The van der Waals surface area contributed by atoms with E-state index < -0.39 is 0 Å². The van der Waals surface area contributed by atoms with E-state index in [4.69, 9.17) is 4.99 Å². The average molecular weight is 470 g/mol. The molecular formula is C29H35N5O. The number of rotatable bonds is 5. The number of aliphatic imine (C=N–C) groups is 1. The molecule has 1 saturated heterocycles. The Morgan fingerprint density at radius 1 is 0.857 bits per heavy atom. The molecule has 0 aliphatic carbocycles. The number of carbonyl (C=O) groups is 1. The molecule has 1 heterocycles. The predicted molar refractivity (Wildman–Crippen MR) is 145 cm³/mol. The van der Waals surface area contributed by atoms with Gasteiger partial charge in [0, 0.05) is 5.69 Å². The van der Waals surface area contributed by atoms with E-state index in [2.05, 4.69) is 92.7 Å². The number of carbonyl (C=O) groups excluding carboxylic acids is 1. The van der Waals surface area contributed by atoms with E-state index in [1.54, 1.807) is 0 Å². The molecule has 182 valence electrons. The van der Waals surface area contributed by atoms with Gasteiger partial charge in [0.15, 0.2) is 0 Å². The Labute approximate surface area is 208 Å². The first-order valence-electron chi connectivity index (χ1n) is 12.0. The number of aryl methyl sites for hydroxylation is 7. The molecule has 2 N–H and O–H groups in total. The molecule has 1 fully saturated rings. The SMILES string of the molecule is Cc1cc(C)c(NC(=O)CN2CN(c3c(C)cccc3C)C(=Nc3c(C)cccc3C)N2)c(C)c1. The first-order valence-corrected chi connectivity index (χ1v) is 12.0. The highest BCUT2D eigenvalue weighted by atomic mass is 16.2. The molecule has 35 heavy (non-hydrogen) atoms. The van der Waals surface area contributed by atoms with E-state index in [9.17, 15) is 4.79 Å². The van der Waals surface area contributed by atoms with Gasteiger partial charge < -0.3 is 5.32 Å². The van der Waals surface area contributed by atoms with Crippen molar-refractivity contribution in [1.82, 2.24) is 10.4 Å². The highest BCUT2D eigenvalue weighted by Crippen LogP contribution is 2.30. The summed E-state index contributed by atoms with van der Waals surface area (Å²) in [6.45, 7) is 15.2. The fourth-order valence-corrected chi connectivity index (χ4v) is 4.88. The normalized spacial score (nSPS) is 14.9. The van der Waals surface area contributed by atoms with Gasteiger partial charge >= 0.3 is 0 Å². The number of hydrazine groups is 1. The second-order valence-electron chi connectivity index (χ2n) is 9.62. The highest BCUT2D eigenvalue weighted by molar-refractivity contribution is 6.01. The van der Waals surface area contributed by atoms with Gasteiger partial charge in [0.05, 0.1) is 24.6 Å². The van der Waals surface area contributed by atoms with Gasteiger partial charge in [-0.3, -0.25) is 15.1 Å². The van der Waals surface area contributed by atoms with Gasteiger partial charge in [-0.15, -0.1) is 0 Å². The van der Waals surface area contributed by atoms with Gasteiger partial charge in [-0.2, -0.15) is 5.01 Å². The fourth-order valence-electron chi connectivity index (χ4n) is 4.88. The van der Waals surface area contributed by atoms with Crippen LogP contribution in [0.1, 0.15) is 38.9 Å². The molecular weight excluding hydrogens is 434 g/mol. The van der Waals surface area contributed by atoms with Gasteiger partial charge in [-0.05, 0) is 81.8 Å². The molecule has 6 nitrogen and oxygen atoms in total. The molecule has 0 saturated carbocycles. The highest BCUT2D eigenvalue weighted by Gasteiger charge is 2.30. The summed E-state index contributed by atoms with van der Waals surface area (Å²) in [5.41, 5.74) is 14.2. The number of para-hydroxylation sites is 2. The zero-order valence-electron chi connectivity index (χ0n) is 21.8. The summed E-state index contributed by atoms with van der Waals surface area (Å²) >= 11 is 0. The predicted octanol–water partition coefficient (Wildman–Crippen LogP) is 5.76. The number of hydrogen-bond acceptors (Lipinski definition) is 3. The molecule has 0 radical (unpaired) electrons. The first kappa shape index (κ1) is 24.5. The number of guanidine groups is 1. The van der Waals surface area contributed by atoms with Crippen LogP contribution in [-0.4, -0.2) is 30.1 Å². The summed E-state index contributed by atoms with van der Waals surface area (Å²) in [6, 6.07) is 16.7. The third-order valence-corrected chi connectivity index (χ3v) is 6.47. The van der Waals surface area contributed by atoms with Gasteiger partial charge in [0.25, 0.3) is 0 Å². The summed E-state index contributed by atoms with van der Waals surface area (Å²) in [5, 5.41) is 5.02. The molecule has 3 aromatic rings. The van der Waals surface area contributed by atoms with E-state index in [0.29, 0.717) is 6.67 Å². The maximum atomic E-state index is 13.1. The molecule has 1 aliphatic heterocycles. The maximum absolute atomic E-state index is 13.1. The van der Waals surface area contributed by atoms with Crippen molar-refractivity contribution in [3.05, 3.63) is 87.5 Å². The molecule has 1 aliphatic rings. The van der Waals surface area contributed by atoms with E-state index in [-0.39, 0.29) is 12.5 Å². The maximum Gasteiger partial charge on any atom is 0.240 e. The Hall–Kier alpha value is -3.64. The standard InChI is InChI=1S/C29H35N5O/c1-18-14-23(6)27(24(7)15-18)30-25(35)16-33-17-34(28-21(4)12-9-13-22(28)5)29(32-33)31-26-19(2)10-8-11-20(26)3/h8-15H,16-17H2,1-7H3,(H,30,35)(H,31,32). The number of amides is 1. The van der Waals surface area contributed by atoms with Crippen molar-refractivity contribution >= 4 is 28.9 Å². The van der Waals surface area contributed by atoms with Crippen LogP contribution in [0.3, 0.4) is 0 Å². The minimum atomic E-state index is -0.0673. The Morgan fingerprint density at radius 3 is 1.97 bits per heavy atom. The second-order valence-corrected chi connectivity index (χ2v) is 9.62. The average Bonchev–Trinajstić information content (AvgIpc) is 3.15. The summed E-state index contributed by atoms with van der Waals surface area (Å²) in [6.07, 6.45) is 0. The van der Waals surface area contributed by atoms with Crippen LogP contribution < -0.4 is 15.6 Å². The lowest BCUT2D eigenvalue weighted by Gasteiger charge is -2.22. The van der Waals surface area contributed by atoms with Crippen molar-refractivity contribution in [2.24, 2.45) is 4.99 Å². The third kappa shape index (κ3) is 5.23. The molecule has 6 heteroatoms. The van der Waals surface area contributed by atoms with Gasteiger partial charge in [0.2, 0.25) is 11.9 Å². The van der Waals surface area contributed by atoms with Crippen LogP contribution in [0.2, 0.25) is 0 Å². The van der Waals surface area contributed by atoms with Crippen molar-refractivity contribution in [2.75, 3.05) is 23.4 Å². The molecule has 3 aromatic carbocycles. The van der Waals surface area contributed by atoms with Crippen molar-refractivity contribution in [2.45, 2.75) is 48.5 Å². The van der Waals surface area contributed by atoms with Crippen LogP contribution in [0.15, 0.2) is 53.5 Å². The molecule has 0 atom stereocenters. The fraction of sp³-hybridized carbons (Fsp3) is 0.310. The lowest BCUT2D eigenvalue weighted by molar-refractivity contribution is -0.117. The Morgan fingerprint density at radius 2 is 1.40 bits per heavy atom. The van der Waals surface area contributed by atoms with Gasteiger partial charge in [0.1, 0.15) is 0 Å². The number of benzene rings is 3. The second kappa shape index (κ2) is 9.92. The van der Waals surface area contributed by atoms with Gasteiger partial charge in [-0.1, -0.05) is 54.1 Å². The number of hydrogen-bond donors (Lipinski definition) is 2. The van der Waals surface area contributed by atoms with Crippen molar-refractivity contribution in [1.29, 1.82) is 0 Å². The summed E-state index contributed by atoms with van der Waals surface area (Å²) < 4.78 is 0. The minimum absolute atomic E-state index is 0.0673. The van der Waals surface area contributed by atoms with E-state index in [0.717, 1.165) is 45.3 Å². The summed E-state index contributed by atoms with van der Waals surface area (Å²) in [4.78, 5) is 20.3. The molecule has 0 spiro atoms. The number of nitrogens with zero attached hydrogens (tertiary/aromatic N) is 3. The van der Waals surface area contributed by atoms with E-state index in [1.165, 1.54) is 16.7 Å². The molecule has 0 bridgehead atoms. The quantitative estimate of drug-likeness (QED) is 0.499. The first-order chi connectivity index (χ1) is 16.6. The van der Waals surface area contributed by atoms with Gasteiger partial charge in [-0.25, -0.2) is 4.99 Å². The Kier molecular flexibility index (Phi) is 6.94. The lowest BCUT2D eigenvalue weighted by atomic mass is 10.1. The molecule has 0 unspecified atom stereocenters. The molecule has 0 aromatic heterocycles. The zero-order chi connectivity index (χ0) is 25.3. The van der Waals surface area contributed by atoms with E-state index in [1.807, 2.05) is 24.9 Å². The Balaban J connectivity index is 1.63. The number of anilines is 2. The molecule has 1 amide bonds. The van der Waals surface area contributed by atoms with Crippen molar-refractivity contribution in [3.63, 3.8) is 0 Å². The van der Waals surface area contributed by atoms with Crippen LogP contribution in [0.25, 0.3) is 0 Å². The summed E-state index contributed by atoms with van der Waals surface area (Å²) in [7, 11) is 0. The topological polar surface area (TPSA) is 60.0 Å². The van der Waals surface area contributed by atoms with Crippen LogP contribution in [0.4, 0.5) is 17.1 Å². The van der Waals surface area contributed by atoms with Crippen LogP contribution >= 0.6 is 0 Å². The molecule has 4 rings (SSSR count). The minimum Gasteiger partial charge on any atom is -0.324 e.